The fourth-order valence-electron chi connectivity index (χ4n) is 2.45. The highest BCUT2D eigenvalue weighted by atomic mass is 16.5. The number of ketones is 1. The number of carbonyl (C=O) groups excluding carboxylic acids is 2. The van der Waals surface area contributed by atoms with Crippen LogP contribution in [0, 0.1) is 0 Å². The van der Waals surface area contributed by atoms with Crippen LogP contribution in [0.5, 0.6) is 5.75 Å². The van der Waals surface area contributed by atoms with E-state index in [1.165, 1.54) is 13.0 Å². The number of para-hydroxylation sites is 1. The highest BCUT2D eigenvalue weighted by Gasteiger charge is 2.12. The molecule has 126 valence electrons. The molecule has 0 aliphatic carbocycles. The largest absolute Gasteiger partial charge is 0.493 e. The maximum Gasteiger partial charge on any atom is 0.221 e. The van der Waals surface area contributed by atoms with E-state index in [1.807, 2.05) is 24.3 Å². The molecule has 5 nitrogen and oxygen atoms in total. The standard InChI is InChI=1S/C20H17NO4/c1-13(22)21-16-9-6-14(7-10-16)8-11-17(23)19-12-15-4-3-5-18(24-2)20(15)25-19/h3-12H,1-2H3,(H,21,22)/b11-8+. The molecular weight excluding hydrogens is 318 g/mol. The molecule has 1 amide bonds. The van der Waals surface area contributed by atoms with E-state index in [0.717, 1.165) is 10.9 Å². The van der Waals surface area contributed by atoms with Gasteiger partial charge in [0.1, 0.15) is 0 Å². The lowest BCUT2D eigenvalue weighted by Crippen LogP contribution is -2.05. The number of methoxy groups -OCH3 is 1. The molecule has 0 saturated carbocycles. The zero-order valence-electron chi connectivity index (χ0n) is 13.9. The van der Waals surface area contributed by atoms with Crippen molar-refractivity contribution in [3.8, 4) is 5.75 Å². The van der Waals surface area contributed by atoms with Gasteiger partial charge in [0.05, 0.1) is 7.11 Å². The first-order chi connectivity index (χ1) is 12.1. The zero-order valence-corrected chi connectivity index (χ0v) is 13.9. The van der Waals surface area contributed by atoms with Gasteiger partial charge in [-0.3, -0.25) is 9.59 Å². The Bertz CT molecular complexity index is 951. The van der Waals surface area contributed by atoms with Gasteiger partial charge in [-0.15, -0.1) is 0 Å². The Balaban J connectivity index is 1.77. The molecule has 2 aromatic carbocycles. The molecule has 0 spiro atoms. The van der Waals surface area contributed by atoms with E-state index in [2.05, 4.69) is 5.32 Å². The lowest BCUT2D eigenvalue weighted by atomic mass is 10.1. The monoisotopic (exact) mass is 335 g/mol. The van der Waals surface area contributed by atoms with Crippen LogP contribution in [0.1, 0.15) is 23.0 Å². The second kappa shape index (κ2) is 7.05. The second-order valence-corrected chi connectivity index (χ2v) is 5.49. The van der Waals surface area contributed by atoms with Crippen molar-refractivity contribution in [3.05, 3.63) is 65.9 Å². The number of fused-ring (bicyclic) bond motifs is 1. The smallest absolute Gasteiger partial charge is 0.221 e. The minimum Gasteiger partial charge on any atom is -0.493 e. The van der Waals surface area contributed by atoms with Crippen LogP contribution in [0.25, 0.3) is 17.0 Å². The van der Waals surface area contributed by atoms with Crippen LogP contribution in [0.2, 0.25) is 0 Å². The molecule has 0 radical (unpaired) electrons. The van der Waals surface area contributed by atoms with Gasteiger partial charge in [0, 0.05) is 18.0 Å². The summed E-state index contributed by atoms with van der Waals surface area (Å²) in [6.45, 7) is 1.45. The molecule has 3 rings (SSSR count). The molecule has 3 aromatic rings. The highest BCUT2D eigenvalue weighted by molar-refractivity contribution is 6.07. The van der Waals surface area contributed by atoms with Crippen LogP contribution in [0.4, 0.5) is 5.69 Å². The number of hydrogen-bond acceptors (Lipinski definition) is 4. The van der Waals surface area contributed by atoms with E-state index in [1.54, 1.807) is 37.5 Å². The molecular formula is C20H17NO4. The third-order valence-corrected chi connectivity index (χ3v) is 3.63. The first-order valence-corrected chi connectivity index (χ1v) is 7.73. The van der Waals surface area contributed by atoms with Crippen LogP contribution in [0.3, 0.4) is 0 Å². The number of carbonyl (C=O) groups is 2. The molecule has 0 aliphatic heterocycles. The normalized spacial score (nSPS) is 11.0. The summed E-state index contributed by atoms with van der Waals surface area (Å²) in [7, 11) is 1.56. The van der Waals surface area contributed by atoms with Crippen molar-refractivity contribution in [1.82, 2.24) is 0 Å². The lowest BCUT2D eigenvalue weighted by molar-refractivity contribution is -0.114. The molecule has 5 heteroatoms. The SMILES string of the molecule is COc1cccc2cc(C(=O)/C=C/c3ccc(NC(C)=O)cc3)oc12. The second-order valence-electron chi connectivity index (χ2n) is 5.49. The Morgan fingerprint density at radius 2 is 1.88 bits per heavy atom. The number of hydrogen-bond donors (Lipinski definition) is 1. The summed E-state index contributed by atoms with van der Waals surface area (Å²) < 4.78 is 10.9. The first-order valence-electron chi connectivity index (χ1n) is 7.73. The number of allylic oxidation sites excluding steroid dienone is 1. The molecule has 0 saturated heterocycles. The van der Waals surface area contributed by atoms with Crippen molar-refractivity contribution < 1.29 is 18.7 Å². The Kier molecular flexibility index (Phi) is 4.66. The van der Waals surface area contributed by atoms with Crippen molar-refractivity contribution >= 4 is 34.4 Å². The van der Waals surface area contributed by atoms with Gasteiger partial charge in [-0.05, 0) is 35.9 Å². The molecule has 1 aromatic heterocycles. The quantitative estimate of drug-likeness (QED) is 0.558. The summed E-state index contributed by atoms with van der Waals surface area (Å²) in [5.41, 5.74) is 2.11. The first kappa shape index (κ1) is 16.5. The number of nitrogens with one attached hydrogen (secondary N) is 1. The van der Waals surface area contributed by atoms with Gasteiger partial charge >= 0.3 is 0 Å². The van der Waals surface area contributed by atoms with E-state index in [4.69, 9.17) is 9.15 Å². The summed E-state index contributed by atoms with van der Waals surface area (Å²) in [6.07, 6.45) is 3.15. The Hall–Kier alpha value is -3.34. The molecule has 0 atom stereocenters. The van der Waals surface area contributed by atoms with Gasteiger partial charge < -0.3 is 14.5 Å². The molecule has 0 bridgehead atoms. The van der Waals surface area contributed by atoms with Crippen LogP contribution in [0.15, 0.2) is 59.0 Å². The van der Waals surface area contributed by atoms with Gasteiger partial charge in [-0.1, -0.05) is 30.3 Å². The van der Waals surface area contributed by atoms with Gasteiger partial charge in [0.15, 0.2) is 17.1 Å². The van der Waals surface area contributed by atoms with Crippen LogP contribution in [-0.4, -0.2) is 18.8 Å². The topological polar surface area (TPSA) is 68.5 Å². The van der Waals surface area contributed by atoms with Crippen LogP contribution < -0.4 is 10.1 Å². The predicted molar refractivity (Wildman–Crippen MR) is 96.9 cm³/mol. The van der Waals surface area contributed by atoms with E-state index in [0.29, 0.717) is 17.0 Å². The minimum absolute atomic E-state index is 0.126. The van der Waals surface area contributed by atoms with Gasteiger partial charge in [0.2, 0.25) is 11.7 Å². The van der Waals surface area contributed by atoms with Crippen molar-refractivity contribution in [2.24, 2.45) is 0 Å². The summed E-state index contributed by atoms with van der Waals surface area (Å²) in [4.78, 5) is 23.3. The number of rotatable bonds is 5. The lowest BCUT2D eigenvalue weighted by Gasteiger charge is -2.01. The number of amides is 1. The van der Waals surface area contributed by atoms with E-state index < -0.39 is 0 Å². The Morgan fingerprint density at radius 3 is 2.56 bits per heavy atom. The maximum absolute atomic E-state index is 12.3. The third kappa shape index (κ3) is 3.77. The highest BCUT2D eigenvalue weighted by Crippen LogP contribution is 2.28. The average Bonchev–Trinajstić information content (AvgIpc) is 3.04. The van der Waals surface area contributed by atoms with E-state index >= 15 is 0 Å². The molecule has 0 aliphatic rings. The number of furan rings is 1. The van der Waals surface area contributed by atoms with Crippen molar-refractivity contribution in [2.75, 3.05) is 12.4 Å². The average molecular weight is 335 g/mol. The maximum atomic E-state index is 12.3. The van der Waals surface area contributed by atoms with Gasteiger partial charge in [0.25, 0.3) is 0 Å². The summed E-state index contributed by atoms with van der Waals surface area (Å²) in [6, 6.07) is 14.4. The summed E-state index contributed by atoms with van der Waals surface area (Å²) in [5.74, 6) is 0.489. The third-order valence-electron chi connectivity index (χ3n) is 3.63. The number of anilines is 1. The molecule has 1 heterocycles. The molecule has 0 unspecified atom stereocenters. The van der Waals surface area contributed by atoms with Crippen molar-refractivity contribution in [3.63, 3.8) is 0 Å². The van der Waals surface area contributed by atoms with Crippen LogP contribution >= 0.6 is 0 Å². The molecule has 1 N–H and O–H groups in total. The van der Waals surface area contributed by atoms with Gasteiger partial charge in [-0.25, -0.2) is 0 Å². The van der Waals surface area contributed by atoms with Gasteiger partial charge in [-0.2, -0.15) is 0 Å². The van der Waals surface area contributed by atoms with Crippen molar-refractivity contribution in [1.29, 1.82) is 0 Å². The van der Waals surface area contributed by atoms with Crippen molar-refractivity contribution in [2.45, 2.75) is 6.92 Å². The number of benzene rings is 2. The number of ether oxygens (including phenoxy) is 1. The van der Waals surface area contributed by atoms with E-state index in [-0.39, 0.29) is 17.5 Å². The Labute approximate surface area is 144 Å². The summed E-state index contributed by atoms with van der Waals surface area (Å²) in [5, 5.41) is 3.51. The molecule has 0 fully saturated rings. The fraction of sp³-hybridized carbons (Fsp3) is 0.100. The molecule has 25 heavy (non-hydrogen) atoms. The minimum atomic E-state index is -0.232. The Morgan fingerprint density at radius 1 is 1.12 bits per heavy atom. The predicted octanol–water partition coefficient (Wildman–Crippen LogP) is 4.30. The van der Waals surface area contributed by atoms with E-state index in [9.17, 15) is 9.59 Å². The fourth-order valence-corrected chi connectivity index (χ4v) is 2.45. The zero-order chi connectivity index (χ0) is 17.8. The summed E-state index contributed by atoms with van der Waals surface area (Å²) >= 11 is 0. The van der Waals surface area contributed by atoms with Crippen LogP contribution in [-0.2, 0) is 4.79 Å².